The van der Waals surface area contributed by atoms with Crippen molar-refractivity contribution in [1.82, 2.24) is 5.43 Å². The zero-order valence-electron chi connectivity index (χ0n) is 12.3. The number of nitrogens with one attached hydrogen (secondary N) is 1. The van der Waals surface area contributed by atoms with Crippen molar-refractivity contribution >= 4 is 34.1 Å². The van der Waals surface area contributed by atoms with Crippen LogP contribution in [0.3, 0.4) is 0 Å². The Bertz CT molecular complexity index is 591. The second-order valence-electron chi connectivity index (χ2n) is 4.05. The number of benzene rings is 1. The molecule has 1 aromatic rings. The first-order valence-corrected chi connectivity index (χ1v) is 6.88. The molecule has 0 aliphatic carbocycles. The van der Waals surface area contributed by atoms with Gasteiger partial charge in [-0.3, -0.25) is 0 Å². The number of ether oxygens (including phenoxy) is 3. The quantitative estimate of drug-likeness (QED) is 0.444. The molecule has 1 unspecified atom stereocenters. The van der Waals surface area contributed by atoms with Crippen LogP contribution in [0.1, 0.15) is 12.5 Å². The molecule has 0 saturated carbocycles. The third-order valence-electron chi connectivity index (χ3n) is 2.47. The van der Waals surface area contributed by atoms with Gasteiger partial charge in [0.1, 0.15) is 0 Å². The van der Waals surface area contributed by atoms with Gasteiger partial charge in [0.15, 0.2) is 17.6 Å². The van der Waals surface area contributed by atoms with Gasteiger partial charge < -0.3 is 19.9 Å². The number of halogens is 1. The zero-order valence-corrected chi connectivity index (χ0v) is 13.8. The zero-order chi connectivity index (χ0) is 16.7. The van der Waals surface area contributed by atoms with Crippen molar-refractivity contribution in [2.75, 3.05) is 14.2 Å². The Balaban J connectivity index is 3.02. The van der Waals surface area contributed by atoms with Crippen molar-refractivity contribution in [3.05, 3.63) is 22.2 Å². The van der Waals surface area contributed by atoms with Crippen LogP contribution in [0, 0.1) is 0 Å². The van der Waals surface area contributed by atoms with Gasteiger partial charge >= 0.3 is 12.0 Å². The number of esters is 1. The third kappa shape index (κ3) is 4.92. The molecule has 8 nitrogen and oxygen atoms in total. The summed E-state index contributed by atoms with van der Waals surface area (Å²) in [5.74, 6) is 0.219. The molecule has 0 aromatic heterocycles. The summed E-state index contributed by atoms with van der Waals surface area (Å²) in [6.07, 6.45) is 0.581. The number of carbonyl (C=O) groups is 2. The summed E-state index contributed by atoms with van der Waals surface area (Å²) in [5.41, 5.74) is 7.60. The van der Waals surface area contributed by atoms with E-state index in [0.717, 1.165) is 0 Å². The molecule has 3 N–H and O–H groups in total. The van der Waals surface area contributed by atoms with Crippen LogP contribution in [0.5, 0.6) is 11.5 Å². The number of urea groups is 1. The summed E-state index contributed by atoms with van der Waals surface area (Å²) >= 11 is 3.33. The lowest BCUT2D eigenvalue weighted by Crippen LogP contribution is -2.25. The van der Waals surface area contributed by atoms with Crippen molar-refractivity contribution in [1.29, 1.82) is 0 Å². The van der Waals surface area contributed by atoms with Gasteiger partial charge in [-0.15, -0.1) is 0 Å². The van der Waals surface area contributed by atoms with E-state index in [-0.39, 0.29) is 0 Å². The molecule has 1 aromatic carbocycles. The Labute approximate surface area is 135 Å². The van der Waals surface area contributed by atoms with Crippen LogP contribution in [0.4, 0.5) is 4.79 Å². The van der Waals surface area contributed by atoms with Crippen LogP contribution < -0.4 is 20.6 Å². The highest BCUT2D eigenvalue weighted by Gasteiger charge is 2.19. The maximum atomic E-state index is 11.4. The van der Waals surface area contributed by atoms with E-state index in [0.29, 0.717) is 21.5 Å². The van der Waals surface area contributed by atoms with Gasteiger partial charge in [-0.05, 0) is 40.5 Å². The first kappa shape index (κ1) is 17.8. The van der Waals surface area contributed by atoms with Crippen LogP contribution in [0.15, 0.2) is 21.7 Å². The topological polar surface area (TPSA) is 112 Å². The summed E-state index contributed by atoms with van der Waals surface area (Å²) in [7, 11) is 2.74. The minimum atomic E-state index is -0.800. The first-order chi connectivity index (χ1) is 10.4. The highest BCUT2D eigenvalue weighted by Crippen LogP contribution is 2.37. The summed E-state index contributed by atoms with van der Waals surface area (Å²) in [4.78, 5) is 22.0. The standard InChI is InChI=1S/C13H16BrN3O5/c1-7(12(18)21-3)22-11-9(14)4-8(5-10(11)20-2)6-16-17-13(15)19/h4-7H,1-3H3,(H3,15,17,19). The fraction of sp³-hybridized carbons (Fsp3) is 0.308. The number of rotatable bonds is 6. The van der Waals surface area contributed by atoms with Crippen LogP contribution in [-0.2, 0) is 9.53 Å². The molecule has 0 aliphatic heterocycles. The monoisotopic (exact) mass is 373 g/mol. The number of nitrogens with two attached hydrogens (primary N) is 1. The molecule has 9 heteroatoms. The average molecular weight is 374 g/mol. The number of nitrogens with zero attached hydrogens (tertiary/aromatic N) is 1. The van der Waals surface area contributed by atoms with E-state index in [4.69, 9.17) is 15.2 Å². The molecule has 2 amide bonds. The van der Waals surface area contributed by atoms with E-state index >= 15 is 0 Å². The van der Waals surface area contributed by atoms with E-state index in [2.05, 4.69) is 31.2 Å². The highest BCUT2D eigenvalue weighted by molar-refractivity contribution is 9.10. The molecule has 0 heterocycles. The molecule has 1 rings (SSSR count). The predicted molar refractivity (Wildman–Crippen MR) is 83.1 cm³/mol. The molecule has 0 spiro atoms. The third-order valence-corrected chi connectivity index (χ3v) is 3.06. The lowest BCUT2D eigenvalue weighted by Gasteiger charge is -2.17. The Kier molecular flexibility index (Phi) is 6.64. The molecule has 0 radical (unpaired) electrons. The summed E-state index contributed by atoms with van der Waals surface area (Å²) in [6.45, 7) is 1.56. The van der Waals surface area contributed by atoms with Gasteiger partial charge in [-0.2, -0.15) is 5.10 Å². The second kappa shape index (κ2) is 8.23. The number of carbonyl (C=O) groups excluding carboxylic acids is 2. The average Bonchev–Trinajstić information content (AvgIpc) is 2.48. The van der Waals surface area contributed by atoms with E-state index in [1.54, 1.807) is 19.1 Å². The van der Waals surface area contributed by atoms with Crippen LogP contribution in [0.25, 0.3) is 0 Å². The predicted octanol–water partition coefficient (Wildman–Crippen LogP) is 1.40. The number of methoxy groups -OCH3 is 2. The van der Waals surface area contributed by atoms with Gasteiger partial charge in [-0.25, -0.2) is 15.0 Å². The van der Waals surface area contributed by atoms with Crippen LogP contribution in [0.2, 0.25) is 0 Å². The molecular formula is C13H16BrN3O5. The number of hydrogen-bond donors (Lipinski definition) is 2. The molecule has 0 aliphatic rings. The lowest BCUT2D eigenvalue weighted by atomic mass is 10.2. The molecule has 22 heavy (non-hydrogen) atoms. The fourth-order valence-corrected chi connectivity index (χ4v) is 2.04. The number of hydrogen-bond acceptors (Lipinski definition) is 6. The van der Waals surface area contributed by atoms with Crippen molar-refractivity contribution in [3.63, 3.8) is 0 Å². The smallest absolute Gasteiger partial charge is 0.346 e. The van der Waals surface area contributed by atoms with Gasteiger partial charge in [0, 0.05) is 0 Å². The summed E-state index contributed by atoms with van der Waals surface area (Å²) in [6, 6.07) is 2.53. The molecule has 0 saturated heterocycles. The normalized spacial score (nSPS) is 11.8. The van der Waals surface area contributed by atoms with E-state index in [9.17, 15) is 9.59 Å². The minimum Gasteiger partial charge on any atom is -0.493 e. The molecule has 120 valence electrons. The van der Waals surface area contributed by atoms with Gasteiger partial charge in [0.05, 0.1) is 24.9 Å². The first-order valence-electron chi connectivity index (χ1n) is 6.09. The maximum Gasteiger partial charge on any atom is 0.346 e. The van der Waals surface area contributed by atoms with Gasteiger partial charge in [-0.1, -0.05) is 0 Å². The Morgan fingerprint density at radius 1 is 1.41 bits per heavy atom. The minimum absolute atomic E-state index is 0.348. The van der Waals surface area contributed by atoms with Crippen molar-refractivity contribution in [2.24, 2.45) is 10.8 Å². The molecule has 0 bridgehead atoms. The van der Waals surface area contributed by atoms with Gasteiger partial charge in [0.2, 0.25) is 0 Å². The van der Waals surface area contributed by atoms with Gasteiger partial charge in [0.25, 0.3) is 0 Å². The van der Waals surface area contributed by atoms with Crippen LogP contribution >= 0.6 is 15.9 Å². The molecular weight excluding hydrogens is 358 g/mol. The maximum absolute atomic E-state index is 11.4. The van der Waals surface area contributed by atoms with E-state index in [1.807, 2.05) is 0 Å². The summed E-state index contributed by atoms with van der Waals surface area (Å²) in [5, 5.41) is 3.65. The van der Waals surface area contributed by atoms with Crippen molar-refractivity contribution < 1.29 is 23.8 Å². The van der Waals surface area contributed by atoms with Crippen molar-refractivity contribution in [3.8, 4) is 11.5 Å². The van der Waals surface area contributed by atoms with Crippen LogP contribution in [-0.4, -0.2) is 38.5 Å². The van der Waals surface area contributed by atoms with E-state index < -0.39 is 18.1 Å². The highest BCUT2D eigenvalue weighted by atomic mass is 79.9. The number of hydrazone groups is 1. The lowest BCUT2D eigenvalue weighted by molar-refractivity contribution is -0.147. The second-order valence-corrected chi connectivity index (χ2v) is 4.91. The molecule has 0 fully saturated rings. The molecule has 1 atom stereocenters. The number of primary amides is 1. The Morgan fingerprint density at radius 2 is 2.09 bits per heavy atom. The number of amides is 2. The Morgan fingerprint density at radius 3 is 2.64 bits per heavy atom. The summed E-state index contributed by atoms with van der Waals surface area (Å²) < 4.78 is 15.9. The van der Waals surface area contributed by atoms with Crippen molar-refractivity contribution in [2.45, 2.75) is 13.0 Å². The fourth-order valence-electron chi connectivity index (χ4n) is 1.49. The SMILES string of the molecule is COC(=O)C(C)Oc1c(Br)cc(C=NNC(N)=O)cc1OC. The largest absolute Gasteiger partial charge is 0.493 e. The Hall–Kier alpha value is -2.29. The van der Waals surface area contributed by atoms with E-state index in [1.165, 1.54) is 20.4 Å².